The first kappa shape index (κ1) is 6.55. The molecule has 9 heavy (non-hydrogen) atoms. The fraction of sp³-hybridized carbons (Fsp3) is 0.833. The summed E-state index contributed by atoms with van der Waals surface area (Å²) in [6, 6.07) is 0. The summed E-state index contributed by atoms with van der Waals surface area (Å²) in [5.74, 6) is -0.549. The highest BCUT2D eigenvalue weighted by Crippen LogP contribution is 2.20. The van der Waals surface area contributed by atoms with Crippen LogP contribution in [0, 0.1) is 5.92 Å². The number of ether oxygens (including phenoxy) is 1. The largest absolute Gasteiger partial charge is 0.460 e. The van der Waals surface area contributed by atoms with Crippen LogP contribution in [0.2, 0.25) is 0 Å². The molecular formula is C6H10O3. The van der Waals surface area contributed by atoms with Gasteiger partial charge in [0.1, 0.15) is 6.10 Å². The molecule has 0 bridgehead atoms. The Hall–Kier alpha value is -0.570. The fourth-order valence-corrected chi connectivity index (χ4v) is 0.832. The minimum absolute atomic E-state index is 0.0579. The van der Waals surface area contributed by atoms with Crippen LogP contribution in [0.25, 0.3) is 0 Å². The van der Waals surface area contributed by atoms with Gasteiger partial charge < -0.3 is 9.84 Å². The van der Waals surface area contributed by atoms with Crippen LogP contribution in [0.3, 0.4) is 0 Å². The molecule has 52 valence electrons. The summed E-state index contributed by atoms with van der Waals surface area (Å²) in [5.41, 5.74) is 0. The number of carbonyl (C=O) groups is 1. The van der Waals surface area contributed by atoms with Crippen LogP contribution in [-0.2, 0) is 9.53 Å². The van der Waals surface area contributed by atoms with E-state index < -0.39 is 12.1 Å². The SMILES string of the molecule is C[C@@H]1[C@H](C)OC(=O)[C@H]1O. The van der Waals surface area contributed by atoms with E-state index in [9.17, 15) is 4.79 Å². The molecule has 0 amide bonds. The van der Waals surface area contributed by atoms with Crippen molar-refractivity contribution >= 4 is 5.97 Å². The monoisotopic (exact) mass is 130 g/mol. The molecule has 1 rings (SSSR count). The predicted octanol–water partition coefficient (Wildman–Crippen LogP) is -0.0713. The quantitative estimate of drug-likeness (QED) is 0.467. The third-order valence-electron chi connectivity index (χ3n) is 1.78. The maximum atomic E-state index is 10.5. The van der Waals surface area contributed by atoms with E-state index in [1.54, 1.807) is 13.8 Å². The van der Waals surface area contributed by atoms with E-state index in [4.69, 9.17) is 9.84 Å². The van der Waals surface area contributed by atoms with E-state index in [0.29, 0.717) is 0 Å². The average molecular weight is 130 g/mol. The van der Waals surface area contributed by atoms with Gasteiger partial charge in [-0.05, 0) is 6.92 Å². The van der Waals surface area contributed by atoms with Crippen LogP contribution in [0.5, 0.6) is 0 Å². The second-order valence-electron chi connectivity index (χ2n) is 2.45. The number of aliphatic hydroxyl groups excluding tert-OH is 1. The minimum Gasteiger partial charge on any atom is -0.460 e. The molecule has 3 atom stereocenters. The molecule has 0 spiro atoms. The summed E-state index contributed by atoms with van der Waals surface area (Å²) in [6.07, 6.45) is -1.03. The highest BCUT2D eigenvalue weighted by Gasteiger charge is 2.37. The highest BCUT2D eigenvalue weighted by molar-refractivity contribution is 5.77. The first-order valence-electron chi connectivity index (χ1n) is 3.01. The number of carbonyl (C=O) groups excluding carboxylic acids is 1. The van der Waals surface area contributed by atoms with Gasteiger partial charge in [-0.3, -0.25) is 0 Å². The van der Waals surface area contributed by atoms with E-state index in [-0.39, 0.29) is 12.0 Å². The van der Waals surface area contributed by atoms with Gasteiger partial charge in [0.15, 0.2) is 6.10 Å². The van der Waals surface area contributed by atoms with Gasteiger partial charge >= 0.3 is 5.97 Å². The molecule has 1 saturated heterocycles. The van der Waals surface area contributed by atoms with Crippen molar-refractivity contribution in [2.75, 3.05) is 0 Å². The Morgan fingerprint density at radius 1 is 1.56 bits per heavy atom. The van der Waals surface area contributed by atoms with Crippen molar-refractivity contribution in [3.8, 4) is 0 Å². The Morgan fingerprint density at radius 2 is 2.11 bits per heavy atom. The lowest BCUT2D eigenvalue weighted by molar-refractivity contribution is -0.146. The number of cyclic esters (lactones) is 1. The van der Waals surface area contributed by atoms with Crippen LogP contribution < -0.4 is 0 Å². The predicted molar refractivity (Wildman–Crippen MR) is 30.7 cm³/mol. The average Bonchev–Trinajstić information content (AvgIpc) is 1.98. The summed E-state index contributed by atoms with van der Waals surface area (Å²) in [7, 11) is 0. The zero-order valence-electron chi connectivity index (χ0n) is 5.50. The number of rotatable bonds is 0. The molecule has 0 aromatic carbocycles. The third-order valence-corrected chi connectivity index (χ3v) is 1.78. The molecule has 1 N–H and O–H groups in total. The molecule has 1 fully saturated rings. The Bertz CT molecular complexity index is 132. The lowest BCUT2D eigenvalue weighted by Gasteiger charge is -2.05. The molecule has 3 nitrogen and oxygen atoms in total. The molecule has 0 radical (unpaired) electrons. The van der Waals surface area contributed by atoms with Gasteiger partial charge in [0.05, 0.1) is 0 Å². The van der Waals surface area contributed by atoms with Crippen molar-refractivity contribution in [1.82, 2.24) is 0 Å². The summed E-state index contributed by atoms with van der Waals surface area (Å²) < 4.78 is 4.70. The van der Waals surface area contributed by atoms with E-state index >= 15 is 0 Å². The summed E-state index contributed by atoms with van der Waals surface area (Å²) >= 11 is 0. The Balaban J connectivity index is 2.65. The van der Waals surface area contributed by atoms with Crippen molar-refractivity contribution in [3.63, 3.8) is 0 Å². The van der Waals surface area contributed by atoms with Crippen molar-refractivity contribution < 1.29 is 14.6 Å². The molecule has 0 unspecified atom stereocenters. The van der Waals surface area contributed by atoms with Crippen molar-refractivity contribution in [2.45, 2.75) is 26.1 Å². The molecule has 0 aromatic heterocycles. The molecular weight excluding hydrogens is 120 g/mol. The Morgan fingerprint density at radius 3 is 2.22 bits per heavy atom. The normalized spacial score (nSPS) is 43.0. The van der Waals surface area contributed by atoms with Gasteiger partial charge in [-0.2, -0.15) is 0 Å². The smallest absolute Gasteiger partial charge is 0.335 e. The van der Waals surface area contributed by atoms with Gasteiger partial charge in [0.2, 0.25) is 0 Å². The first-order valence-corrected chi connectivity index (χ1v) is 3.01. The molecule has 1 aliphatic rings. The Labute approximate surface area is 53.6 Å². The zero-order chi connectivity index (χ0) is 7.02. The maximum absolute atomic E-state index is 10.5. The number of esters is 1. The van der Waals surface area contributed by atoms with Crippen LogP contribution >= 0.6 is 0 Å². The van der Waals surface area contributed by atoms with Gasteiger partial charge in [-0.1, -0.05) is 6.92 Å². The summed E-state index contributed by atoms with van der Waals surface area (Å²) in [6.45, 7) is 3.57. The zero-order valence-corrected chi connectivity index (χ0v) is 5.50. The number of hydrogen-bond donors (Lipinski definition) is 1. The standard InChI is InChI=1S/C6H10O3/c1-3-4(2)9-6(8)5(3)7/h3-5,7H,1-2H3/t3-,4+,5+/m1/s1. The van der Waals surface area contributed by atoms with Crippen LogP contribution in [-0.4, -0.2) is 23.3 Å². The van der Waals surface area contributed by atoms with E-state index in [2.05, 4.69) is 0 Å². The van der Waals surface area contributed by atoms with Crippen LogP contribution in [0.1, 0.15) is 13.8 Å². The lowest BCUT2D eigenvalue weighted by atomic mass is 10.0. The molecule has 0 saturated carbocycles. The lowest BCUT2D eigenvalue weighted by Crippen LogP contribution is -2.20. The molecule has 3 heteroatoms. The van der Waals surface area contributed by atoms with Gasteiger partial charge in [0.25, 0.3) is 0 Å². The maximum Gasteiger partial charge on any atom is 0.335 e. The highest BCUT2D eigenvalue weighted by atomic mass is 16.6. The van der Waals surface area contributed by atoms with Crippen molar-refractivity contribution in [2.24, 2.45) is 5.92 Å². The van der Waals surface area contributed by atoms with E-state index in [1.807, 2.05) is 0 Å². The molecule has 0 aromatic rings. The van der Waals surface area contributed by atoms with Gasteiger partial charge in [0, 0.05) is 5.92 Å². The van der Waals surface area contributed by atoms with E-state index in [0.717, 1.165) is 0 Å². The van der Waals surface area contributed by atoms with Gasteiger partial charge in [-0.25, -0.2) is 4.79 Å². The van der Waals surface area contributed by atoms with Gasteiger partial charge in [-0.15, -0.1) is 0 Å². The Kier molecular flexibility index (Phi) is 1.45. The first-order chi connectivity index (χ1) is 4.13. The summed E-state index contributed by atoms with van der Waals surface area (Å²) in [5, 5.41) is 8.96. The van der Waals surface area contributed by atoms with Crippen LogP contribution in [0.4, 0.5) is 0 Å². The van der Waals surface area contributed by atoms with Crippen molar-refractivity contribution in [1.29, 1.82) is 0 Å². The summed E-state index contributed by atoms with van der Waals surface area (Å²) in [4.78, 5) is 10.5. The second kappa shape index (κ2) is 1.99. The second-order valence-corrected chi connectivity index (χ2v) is 2.45. The molecule has 1 heterocycles. The molecule has 0 aliphatic carbocycles. The fourth-order valence-electron chi connectivity index (χ4n) is 0.832. The van der Waals surface area contributed by atoms with Crippen molar-refractivity contribution in [3.05, 3.63) is 0 Å². The third kappa shape index (κ3) is 0.920. The number of aliphatic hydroxyl groups is 1. The minimum atomic E-state index is -0.903. The number of hydrogen-bond acceptors (Lipinski definition) is 3. The topological polar surface area (TPSA) is 46.5 Å². The van der Waals surface area contributed by atoms with Crippen LogP contribution in [0.15, 0.2) is 0 Å². The molecule has 1 aliphatic heterocycles. The van der Waals surface area contributed by atoms with E-state index in [1.165, 1.54) is 0 Å².